The second-order valence-electron chi connectivity index (χ2n) is 7.09. The van der Waals surface area contributed by atoms with Crippen molar-refractivity contribution in [1.29, 1.82) is 0 Å². The number of rotatable bonds is 4. The van der Waals surface area contributed by atoms with Crippen LogP contribution >= 0.6 is 0 Å². The lowest BCUT2D eigenvalue weighted by molar-refractivity contribution is -0.123. The number of sulfone groups is 1. The number of hydrogen-bond acceptors (Lipinski definition) is 4. The summed E-state index contributed by atoms with van der Waals surface area (Å²) in [6, 6.07) is 11.7. The molecular formula is C19H23NO4S. The second kappa shape index (κ2) is 6.33. The number of hydrogen-bond donors (Lipinski definition) is 1. The van der Waals surface area contributed by atoms with Crippen molar-refractivity contribution in [2.75, 3.05) is 18.6 Å². The standard InChI is InChI=1S/C19H23NO4S/c1-13(18(21)20-19(2)8-9-25(22,23)12-19)14-4-5-16-11-17(24-3)7-6-15(16)10-14/h4-7,10-11,13H,8-9,12H2,1-3H3,(H,20,21). The van der Waals surface area contributed by atoms with E-state index < -0.39 is 15.4 Å². The Bertz CT molecular complexity index is 922. The molecule has 0 saturated carbocycles. The van der Waals surface area contributed by atoms with Crippen LogP contribution in [0.4, 0.5) is 0 Å². The van der Waals surface area contributed by atoms with Gasteiger partial charge in [0.2, 0.25) is 5.91 Å². The van der Waals surface area contributed by atoms with Crippen molar-refractivity contribution in [2.45, 2.75) is 31.7 Å². The Kier molecular flexibility index (Phi) is 4.49. The van der Waals surface area contributed by atoms with Gasteiger partial charge in [-0.2, -0.15) is 0 Å². The molecule has 25 heavy (non-hydrogen) atoms. The summed E-state index contributed by atoms with van der Waals surface area (Å²) in [4.78, 5) is 12.6. The molecule has 0 radical (unpaired) electrons. The molecule has 1 heterocycles. The first-order valence-corrected chi connectivity index (χ1v) is 10.1. The average molecular weight is 361 g/mol. The van der Waals surface area contributed by atoms with Crippen LogP contribution in [0.2, 0.25) is 0 Å². The van der Waals surface area contributed by atoms with Crippen LogP contribution in [-0.2, 0) is 14.6 Å². The zero-order valence-electron chi connectivity index (χ0n) is 14.7. The molecule has 134 valence electrons. The highest BCUT2D eigenvalue weighted by atomic mass is 32.2. The Morgan fingerprint density at radius 1 is 1.20 bits per heavy atom. The molecule has 1 saturated heterocycles. The van der Waals surface area contributed by atoms with Crippen LogP contribution in [0.5, 0.6) is 5.75 Å². The van der Waals surface area contributed by atoms with E-state index in [0.717, 1.165) is 22.1 Å². The summed E-state index contributed by atoms with van der Waals surface area (Å²) < 4.78 is 28.6. The van der Waals surface area contributed by atoms with Crippen molar-refractivity contribution in [1.82, 2.24) is 5.32 Å². The first-order chi connectivity index (χ1) is 11.7. The van der Waals surface area contributed by atoms with Crippen LogP contribution in [0, 0.1) is 0 Å². The summed E-state index contributed by atoms with van der Waals surface area (Å²) >= 11 is 0. The van der Waals surface area contributed by atoms with Gasteiger partial charge in [-0.25, -0.2) is 8.42 Å². The summed E-state index contributed by atoms with van der Waals surface area (Å²) in [6.07, 6.45) is 0.464. The van der Waals surface area contributed by atoms with E-state index in [0.29, 0.717) is 6.42 Å². The van der Waals surface area contributed by atoms with Gasteiger partial charge in [0.15, 0.2) is 9.84 Å². The predicted molar refractivity (Wildman–Crippen MR) is 98.7 cm³/mol. The molecule has 6 heteroatoms. The SMILES string of the molecule is COc1ccc2cc(C(C)C(=O)NC3(C)CCS(=O)(=O)C3)ccc2c1. The lowest BCUT2D eigenvalue weighted by Crippen LogP contribution is -2.48. The molecule has 1 fully saturated rings. The molecule has 1 amide bonds. The van der Waals surface area contributed by atoms with E-state index in [1.807, 2.05) is 43.3 Å². The van der Waals surface area contributed by atoms with Crippen molar-refractivity contribution >= 4 is 26.5 Å². The Morgan fingerprint density at radius 3 is 2.52 bits per heavy atom. The highest BCUT2D eigenvalue weighted by Crippen LogP contribution is 2.27. The van der Waals surface area contributed by atoms with E-state index in [4.69, 9.17) is 4.74 Å². The third kappa shape index (κ3) is 3.79. The lowest BCUT2D eigenvalue weighted by atomic mass is 9.94. The Morgan fingerprint density at radius 2 is 1.88 bits per heavy atom. The van der Waals surface area contributed by atoms with E-state index in [2.05, 4.69) is 5.32 Å². The van der Waals surface area contributed by atoms with E-state index in [1.54, 1.807) is 14.0 Å². The van der Waals surface area contributed by atoms with E-state index >= 15 is 0 Å². The molecule has 2 aromatic carbocycles. The maximum absolute atomic E-state index is 12.6. The molecule has 0 bridgehead atoms. The van der Waals surface area contributed by atoms with Crippen molar-refractivity contribution in [3.05, 3.63) is 42.0 Å². The van der Waals surface area contributed by atoms with Crippen molar-refractivity contribution in [2.24, 2.45) is 0 Å². The molecule has 1 aliphatic rings. The quantitative estimate of drug-likeness (QED) is 0.909. The van der Waals surface area contributed by atoms with Crippen LogP contribution in [-0.4, -0.2) is 38.5 Å². The average Bonchev–Trinajstić information content (AvgIpc) is 2.85. The van der Waals surface area contributed by atoms with Gasteiger partial charge in [-0.15, -0.1) is 0 Å². The molecule has 2 atom stereocenters. The minimum absolute atomic E-state index is 0.00990. The predicted octanol–water partition coefficient (Wildman–Crippen LogP) is 2.65. The van der Waals surface area contributed by atoms with Crippen LogP contribution in [0.25, 0.3) is 10.8 Å². The lowest BCUT2D eigenvalue weighted by Gasteiger charge is -2.26. The van der Waals surface area contributed by atoms with Crippen LogP contribution in [0.15, 0.2) is 36.4 Å². The highest BCUT2D eigenvalue weighted by Gasteiger charge is 2.40. The van der Waals surface area contributed by atoms with Crippen molar-refractivity contribution in [3.63, 3.8) is 0 Å². The van der Waals surface area contributed by atoms with Crippen molar-refractivity contribution in [3.8, 4) is 5.75 Å². The Balaban J connectivity index is 1.79. The number of benzene rings is 2. The fourth-order valence-corrected chi connectivity index (χ4v) is 5.40. The summed E-state index contributed by atoms with van der Waals surface area (Å²) in [7, 11) is -1.42. The smallest absolute Gasteiger partial charge is 0.227 e. The Labute approximate surface area is 148 Å². The largest absolute Gasteiger partial charge is 0.497 e. The maximum Gasteiger partial charge on any atom is 0.227 e. The summed E-state index contributed by atoms with van der Waals surface area (Å²) in [5.41, 5.74) is 0.230. The van der Waals surface area contributed by atoms with Gasteiger partial charge in [0.05, 0.1) is 30.1 Å². The number of nitrogens with one attached hydrogen (secondary N) is 1. The van der Waals surface area contributed by atoms with Crippen LogP contribution in [0.1, 0.15) is 31.7 Å². The number of carbonyl (C=O) groups excluding carboxylic acids is 1. The highest BCUT2D eigenvalue weighted by molar-refractivity contribution is 7.91. The zero-order chi connectivity index (χ0) is 18.2. The first kappa shape index (κ1) is 17.7. The fraction of sp³-hybridized carbons (Fsp3) is 0.421. The molecule has 2 aromatic rings. The third-order valence-electron chi connectivity index (χ3n) is 4.89. The molecule has 1 N–H and O–H groups in total. The van der Waals surface area contributed by atoms with Gasteiger partial charge in [0.25, 0.3) is 0 Å². The van der Waals surface area contributed by atoms with E-state index in [-0.39, 0.29) is 23.3 Å². The molecule has 1 aliphatic heterocycles. The third-order valence-corrected chi connectivity index (χ3v) is 6.80. The number of ether oxygens (including phenoxy) is 1. The van der Waals surface area contributed by atoms with Gasteiger partial charge in [-0.3, -0.25) is 4.79 Å². The molecule has 5 nitrogen and oxygen atoms in total. The molecule has 3 rings (SSSR count). The van der Waals surface area contributed by atoms with Gasteiger partial charge in [0.1, 0.15) is 5.75 Å². The number of amides is 1. The van der Waals surface area contributed by atoms with Gasteiger partial charge in [-0.1, -0.05) is 24.3 Å². The van der Waals surface area contributed by atoms with Gasteiger partial charge in [-0.05, 0) is 48.7 Å². The maximum atomic E-state index is 12.6. The number of fused-ring (bicyclic) bond motifs is 1. The molecule has 0 aromatic heterocycles. The minimum atomic E-state index is -3.05. The molecular weight excluding hydrogens is 338 g/mol. The van der Waals surface area contributed by atoms with E-state index in [9.17, 15) is 13.2 Å². The van der Waals surface area contributed by atoms with Crippen LogP contribution < -0.4 is 10.1 Å². The second-order valence-corrected chi connectivity index (χ2v) is 9.27. The van der Waals surface area contributed by atoms with Gasteiger partial charge < -0.3 is 10.1 Å². The number of carbonyl (C=O) groups is 1. The normalized spacial score (nSPS) is 23.3. The summed E-state index contributed by atoms with van der Waals surface area (Å²) in [6.45, 7) is 3.64. The molecule has 0 aliphatic carbocycles. The molecule has 0 spiro atoms. The van der Waals surface area contributed by atoms with Crippen LogP contribution in [0.3, 0.4) is 0 Å². The molecule has 2 unspecified atom stereocenters. The van der Waals surface area contributed by atoms with E-state index in [1.165, 1.54) is 0 Å². The Hall–Kier alpha value is -2.08. The summed E-state index contributed by atoms with van der Waals surface area (Å²) in [5, 5.41) is 5.02. The monoisotopic (exact) mass is 361 g/mol. The van der Waals surface area contributed by atoms with Crippen molar-refractivity contribution < 1.29 is 17.9 Å². The fourth-order valence-electron chi connectivity index (χ4n) is 3.30. The van der Waals surface area contributed by atoms with Gasteiger partial charge in [0, 0.05) is 0 Å². The zero-order valence-corrected chi connectivity index (χ0v) is 15.5. The topological polar surface area (TPSA) is 72.5 Å². The summed E-state index contributed by atoms with van der Waals surface area (Å²) in [5.74, 6) is 0.437. The number of methoxy groups -OCH3 is 1. The van der Waals surface area contributed by atoms with Gasteiger partial charge >= 0.3 is 0 Å². The minimum Gasteiger partial charge on any atom is -0.497 e. The first-order valence-electron chi connectivity index (χ1n) is 8.32.